The number of hydrogen-bond donors (Lipinski definition) is 0. The Hall–Kier alpha value is -3.13. The van der Waals surface area contributed by atoms with Crippen molar-refractivity contribution >= 4 is 23.1 Å². The molecule has 0 aliphatic heterocycles. The summed E-state index contributed by atoms with van der Waals surface area (Å²) < 4.78 is 33.7. The number of esters is 1. The Bertz CT molecular complexity index is 972. The first kappa shape index (κ1) is 19.6. The lowest BCUT2D eigenvalue weighted by Gasteiger charge is -2.06. The summed E-state index contributed by atoms with van der Waals surface area (Å²) in [6.07, 6.45) is 0. The Labute approximate surface area is 163 Å². The van der Waals surface area contributed by atoms with Crippen molar-refractivity contribution in [3.8, 4) is 17.0 Å². The average Bonchev–Trinajstić information content (AvgIpc) is 3.08. The number of Topliss-reactive ketones (excluding diaryl/α,β-unsaturated/α-hetero) is 1. The Morgan fingerprint density at radius 3 is 2.39 bits per heavy atom. The van der Waals surface area contributed by atoms with E-state index in [1.54, 1.807) is 6.92 Å². The van der Waals surface area contributed by atoms with Gasteiger partial charge in [-0.05, 0) is 31.2 Å². The number of benzene rings is 2. The molecule has 3 rings (SSSR count). The molecule has 0 aliphatic carbocycles. The first-order chi connectivity index (χ1) is 13.4. The van der Waals surface area contributed by atoms with Crippen LogP contribution >= 0.6 is 11.3 Å². The topological polar surface area (TPSA) is 65.5 Å². The normalized spacial score (nSPS) is 10.7. The molecule has 0 bridgehead atoms. The third-order valence-corrected chi connectivity index (χ3v) is 4.65. The van der Waals surface area contributed by atoms with Crippen LogP contribution in [0.4, 0.5) is 8.78 Å². The maximum atomic E-state index is 12.5. The second-order valence-corrected chi connectivity index (χ2v) is 6.88. The lowest BCUT2D eigenvalue weighted by molar-refractivity contribution is -0.0498. The Balaban J connectivity index is 1.67. The predicted molar refractivity (Wildman–Crippen MR) is 100.0 cm³/mol. The molecule has 0 N–H and O–H groups in total. The number of rotatable bonds is 7. The van der Waals surface area contributed by atoms with Crippen LogP contribution in [0.25, 0.3) is 11.3 Å². The van der Waals surface area contributed by atoms with Gasteiger partial charge in [-0.2, -0.15) is 8.78 Å². The lowest BCUT2D eigenvalue weighted by atomic mass is 10.1. The summed E-state index contributed by atoms with van der Waals surface area (Å²) in [5, 5.41) is 0.701. The second kappa shape index (κ2) is 8.71. The number of aromatic nitrogens is 1. The number of nitrogens with zero attached hydrogens (tertiary/aromatic N) is 1. The molecule has 5 nitrogen and oxygen atoms in total. The molecular weight excluding hydrogens is 388 g/mol. The minimum atomic E-state index is -2.94. The van der Waals surface area contributed by atoms with Crippen molar-refractivity contribution in [2.75, 3.05) is 6.61 Å². The molecule has 3 aromatic rings. The van der Waals surface area contributed by atoms with Gasteiger partial charge in [-0.25, -0.2) is 9.78 Å². The van der Waals surface area contributed by atoms with Crippen molar-refractivity contribution in [3.05, 3.63) is 70.0 Å². The van der Waals surface area contributed by atoms with E-state index in [1.165, 1.54) is 35.6 Å². The number of carbonyl (C=O) groups excluding carboxylic acids is 2. The number of halogens is 2. The fourth-order valence-electron chi connectivity index (χ4n) is 2.46. The molecule has 0 spiro atoms. The van der Waals surface area contributed by atoms with Crippen LogP contribution in [-0.4, -0.2) is 30.0 Å². The number of ether oxygens (including phenoxy) is 2. The Morgan fingerprint density at radius 2 is 1.75 bits per heavy atom. The highest BCUT2D eigenvalue weighted by molar-refractivity contribution is 7.14. The van der Waals surface area contributed by atoms with E-state index in [2.05, 4.69) is 9.72 Å². The summed E-state index contributed by atoms with van der Waals surface area (Å²) in [4.78, 5) is 29.3. The zero-order valence-electron chi connectivity index (χ0n) is 14.7. The first-order valence-corrected chi connectivity index (χ1v) is 9.03. The standard InChI is InChI=1S/C20H15F2NO4S/c1-12-23-17(14-5-3-2-4-6-14)18(28-12)19(25)26-11-16(24)13-7-9-15(10-8-13)27-20(21)22/h2-10,20H,11H2,1H3. The fraction of sp³-hybridized carbons (Fsp3) is 0.150. The fourth-order valence-corrected chi connectivity index (χ4v) is 3.29. The van der Waals surface area contributed by atoms with Gasteiger partial charge in [-0.1, -0.05) is 30.3 Å². The quantitative estimate of drug-likeness (QED) is 0.420. The molecule has 0 radical (unpaired) electrons. The Morgan fingerprint density at radius 1 is 1.07 bits per heavy atom. The maximum Gasteiger partial charge on any atom is 0.387 e. The monoisotopic (exact) mass is 403 g/mol. The molecule has 0 amide bonds. The molecule has 2 aromatic carbocycles. The number of ketones is 1. The van der Waals surface area contributed by atoms with Gasteiger partial charge in [0.25, 0.3) is 0 Å². The molecule has 0 aliphatic rings. The lowest BCUT2D eigenvalue weighted by Crippen LogP contribution is -2.14. The molecule has 0 fully saturated rings. The van der Waals surface area contributed by atoms with Crippen LogP contribution in [0, 0.1) is 6.92 Å². The third-order valence-electron chi connectivity index (χ3n) is 3.70. The van der Waals surface area contributed by atoms with Gasteiger partial charge < -0.3 is 9.47 Å². The molecule has 0 unspecified atom stereocenters. The summed E-state index contributed by atoms with van der Waals surface area (Å²) in [6.45, 7) is -1.63. The number of thiazole rings is 1. The molecule has 0 atom stereocenters. The van der Waals surface area contributed by atoms with Crippen LogP contribution in [0.1, 0.15) is 25.0 Å². The largest absolute Gasteiger partial charge is 0.453 e. The van der Waals surface area contributed by atoms with Crippen molar-refractivity contribution in [1.82, 2.24) is 4.98 Å². The highest BCUT2D eigenvalue weighted by Crippen LogP contribution is 2.28. The molecule has 1 aromatic heterocycles. The van der Waals surface area contributed by atoms with Crippen LogP contribution in [0.5, 0.6) is 5.75 Å². The summed E-state index contributed by atoms with van der Waals surface area (Å²) in [5.41, 5.74) is 1.51. The minimum absolute atomic E-state index is 0.0591. The smallest absolute Gasteiger partial charge is 0.387 e. The van der Waals surface area contributed by atoms with Gasteiger partial charge >= 0.3 is 12.6 Å². The van der Waals surface area contributed by atoms with Gasteiger partial charge in [0.1, 0.15) is 10.6 Å². The van der Waals surface area contributed by atoms with Crippen molar-refractivity contribution in [2.45, 2.75) is 13.5 Å². The minimum Gasteiger partial charge on any atom is -0.453 e. The molecule has 144 valence electrons. The molecule has 0 saturated heterocycles. The van der Waals surface area contributed by atoms with Crippen LogP contribution in [0.3, 0.4) is 0 Å². The van der Waals surface area contributed by atoms with E-state index in [-0.39, 0.29) is 11.3 Å². The van der Waals surface area contributed by atoms with Gasteiger partial charge in [0, 0.05) is 11.1 Å². The maximum absolute atomic E-state index is 12.5. The van der Waals surface area contributed by atoms with E-state index in [4.69, 9.17) is 4.74 Å². The van der Waals surface area contributed by atoms with E-state index in [1.807, 2.05) is 30.3 Å². The number of carbonyl (C=O) groups is 2. The van der Waals surface area contributed by atoms with Gasteiger partial charge in [-0.3, -0.25) is 4.79 Å². The molecule has 1 heterocycles. The summed E-state index contributed by atoms with van der Waals surface area (Å²) in [5.74, 6) is -1.16. The van der Waals surface area contributed by atoms with Crippen LogP contribution in [-0.2, 0) is 4.74 Å². The van der Waals surface area contributed by atoms with E-state index in [9.17, 15) is 18.4 Å². The number of aryl methyl sites for hydroxylation is 1. The van der Waals surface area contributed by atoms with Crippen molar-refractivity contribution in [2.24, 2.45) is 0 Å². The average molecular weight is 403 g/mol. The zero-order chi connectivity index (χ0) is 20.1. The molecule has 0 saturated carbocycles. The SMILES string of the molecule is Cc1nc(-c2ccccc2)c(C(=O)OCC(=O)c2ccc(OC(F)F)cc2)s1. The van der Waals surface area contributed by atoms with Crippen molar-refractivity contribution < 1.29 is 27.8 Å². The molecular formula is C20H15F2NO4S. The number of alkyl halides is 2. The van der Waals surface area contributed by atoms with Crippen LogP contribution in [0.15, 0.2) is 54.6 Å². The van der Waals surface area contributed by atoms with E-state index in [0.29, 0.717) is 15.6 Å². The van der Waals surface area contributed by atoms with Gasteiger partial charge in [-0.15, -0.1) is 11.3 Å². The zero-order valence-corrected chi connectivity index (χ0v) is 15.5. The highest BCUT2D eigenvalue weighted by Gasteiger charge is 2.20. The van der Waals surface area contributed by atoms with Crippen molar-refractivity contribution in [1.29, 1.82) is 0 Å². The highest BCUT2D eigenvalue weighted by atomic mass is 32.1. The van der Waals surface area contributed by atoms with Gasteiger partial charge in [0.15, 0.2) is 12.4 Å². The molecule has 28 heavy (non-hydrogen) atoms. The van der Waals surface area contributed by atoms with E-state index < -0.39 is 25.0 Å². The summed E-state index contributed by atoms with van der Waals surface area (Å²) in [7, 11) is 0. The van der Waals surface area contributed by atoms with Gasteiger partial charge in [0.2, 0.25) is 0 Å². The van der Waals surface area contributed by atoms with Crippen LogP contribution < -0.4 is 4.74 Å². The van der Waals surface area contributed by atoms with Crippen molar-refractivity contribution in [3.63, 3.8) is 0 Å². The number of hydrogen-bond acceptors (Lipinski definition) is 6. The second-order valence-electron chi connectivity index (χ2n) is 5.68. The third kappa shape index (κ3) is 4.77. The summed E-state index contributed by atoms with van der Waals surface area (Å²) >= 11 is 1.19. The van der Waals surface area contributed by atoms with E-state index >= 15 is 0 Å². The predicted octanol–water partition coefficient (Wildman–Crippen LogP) is 4.76. The Kier molecular flexibility index (Phi) is 6.10. The molecule has 8 heteroatoms. The van der Waals surface area contributed by atoms with E-state index in [0.717, 1.165) is 5.56 Å². The summed E-state index contributed by atoms with van der Waals surface area (Å²) in [6, 6.07) is 14.4. The van der Waals surface area contributed by atoms with Crippen LogP contribution in [0.2, 0.25) is 0 Å². The van der Waals surface area contributed by atoms with Gasteiger partial charge in [0.05, 0.1) is 10.7 Å². The first-order valence-electron chi connectivity index (χ1n) is 8.22.